The Morgan fingerprint density at radius 1 is 1.20 bits per heavy atom. The van der Waals surface area contributed by atoms with Crippen molar-refractivity contribution in [2.45, 2.75) is 64.6 Å². The number of carbonyl (C=O) groups is 1. The molecule has 1 amide bonds. The number of alkyl halides is 3. The molecule has 0 radical (unpaired) electrons. The van der Waals surface area contributed by atoms with Gasteiger partial charge in [0.15, 0.2) is 5.82 Å². The maximum atomic E-state index is 14.6. The lowest BCUT2D eigenvalue weighted by molar-refractivity contribution is -0.0353. The number of pyridine rings is 1. The van der Waals surface area contributed by atoms with Crippen molar-refractivity contribution in [1.82, 2.24) is 30.0 Å². The van der Waals surface area contributed by atoms with Gasteiger partial charge in [0.25, 0.3) is 18.2 Å². The maximum absolute atomic E-state index is 14.6. The van der Waals surface area contributed by atoms with Gasteiger partial charge in [-0.1, -0.05) is 0 Å². The van der Waals surface area contributed by atoms with E-state index >= 15 is 0 Å². The Labute approximate surface area is 270 Å². The van der Waals surface area contributed by atoms with E-state index in [9.17, 15) is 18.0 Å². The number of nitrogens with zero attached hydrogens (tertiary/aromatic N) is 7. The first-order chi connectivity index (χ1) is 22.1. The first kappa shape index (κ1) is 32.2. The van der Waals surface area contributed by atoms with Crippen molar-refractivity contribution in [3.05, 3.63) is 59.4 Å². The van der Waals surface area contributed by atoms with Gasteiger partial charge in [-0.15, -0.1) is 21.8 Å². The number of carbonyl (C=O) groups excluding carboxylic acids is 1. The molecule has 246 valence electrons. The molecule has 10 nitrogen and oxygen atoms in total. The van der Waals surface area contributed by atoms with Crippen LogP contribution in [0.25, 0.3) is 0 Å². The molecule has 46 heavy (non-hydrogen) atoms. The van der Waals surface area contributed by atoms with Crippen LogP contribution in [0.4, 0.5) is 19.0 Å². The fourth-order valence-corrected chi connectivity index (χ4v) is 6.75. The molecule has 1 aromatic carbocycles. The Morgan fingerprint density at radius 2 is 2.00 bits per heavy atom. The molecule has 2 aromatic heterocycles. The Hall–Kier alpha value is -3.71. The molecule has 6 rings (SSSR count). The summed E-state index contributed by atoms with van der Waals surface area (Å²) in [6, 6.07) is 4.86. The molecule has 1 saturated carbocycles. The summed E-state index contributed by atoms with van der Waals surface area (Å²) in [6.45, 7) is 6.66. The van der Waals surface area contributed by atoms with Crippen LogP contribution in [0.1, 0.15) is 54.7 Å². The highest BCUT2D eigenvalue weighted by molar-refractivity contribution is 6.17. The smallest absolute Gasteiger partial charge is 0.282 e. The van der Waals surface area contributed by atoms with Gasteiger partial charge in [0, 0.05) is 79.0 Å². The summed E-state index contributed by atoms with van der Waals surface area (Å²) in [5.74, 6) is 0.580. The highest BCUT2D eigenvalue weighted by atomic mass is 35.5. The van der Waals surface area contributed by atoms with Gasteiger partial charge in [-0.3, -0.25) is 14.7 Å². The minimum absolute atomic E-state index is 0.0121. The van der Waals surface area contributed by atoms with Gasteiger partial charge in [-0.25, -0.2) is 18.2 Å². The van der Waals surface area contributed by atoms with Crippen LogP contribution >= 0.6 is 11.6 Å². The SMILES string of the molecule is CC(C)N(CC(F)F)C(=O)c1cc(F)cc(Oc2nncnc2N2CC3(CC(Oc4ccnc5c4CN(CCCCl)CC5)C3)C2)c1. The van der Waals surface area contributed by atoms with Gasteiger partial charge in [0.2, 0.25) is 0 Å². The molecule has 0 bridgehead atoms. The second kappa shape index (κ2) is 13.6. The van der Waals surface area contributed by atoms with E-state index < -0.39 is 30.7 Å². The molecule has 4 heterocycles. The van der Waals surface area contributed by atoms with Gasteiger partial charge in [-0.05, 0) is 57.9 Å². The second-order valence-corrected chi connectivity index (χ2v) is 13.0. The summed E-state index contributed by atoms with van der Waals surface area (Å²) < 4.78 is 53.2. The number of benzene rings is 1. The number of rotatable bonds is 12. The number of amides is 1. The third kappa shape index (κ3) is 7.00. The van der Waals surface area contributed by atoms with Crippen LogP contribution in [0, 0.1) is 11.2 Å². The van der Waals surface area contributed by atoms with Crippen molar-refractivity contribution in [2.24, 2.45) is 5.41 Å². The second-order valence-electron chi connectivity index (χ2n) is 12.6. The first-order valence-electron chi connectivity index (χ1n) is 15.5. The van der Waals surface area contributed by atoms with Gasteiger partial charge in [0.1, 0.15) is 29.7 Å². The number of aromatic nitrogens is 4. The molecular formula is C32H37ClF3N7O3. The van der Waals surface area contributed by atoms with Crippen LogP contribution in [-0.2, 0) is 13.0 Å². The minimum atomic E-state index is -2.72. The van der Waals surface area contributed by atoms with Crippen molar-refractivity contribution in [3.8, 4) is 17.4 Å². The van der Waals surface area contributed by atoms with Crippen LogP contribution < -0.4 is 14.4 Å². The van der Waals surface area contributed by atoms with Gasteiger partial charge < -0.3 is 19.3 Å². The van der Waals surface area contributed by atoms with Crippen molar-refractivity contribution < 1.29 is 27.4 Å². The Balaban J connectivity index is 1.08. The van der Waals surface area contributed by atoms with Crippen molar-refractivity contribution >= 4 is 23.3 Å². The minimum Gasteiger partial charge on any atom is -0.490 e. The number of hydrogen-bond acceptors (Lipinski definition) is 9. The molecule has 14 heteroatoms. The number of fused-ring (bicyclic) bond motifs is 1. The number of halogens is 4. The third-order valence-electron chi connectivity index (χ3n) is 8.85. The monoisotopic (exact) mass is 659 g/mol. The molecule has 1 spiro atoms. The molecule has 1 saturated heterocycles. The largest absolute Gasteiger partial charge is 0.490 e. The number of ether oxygens (including phenoxy) is 2. The quantitative estimate of drug-likeness (QED) is 0.239. The molecule has 0 unspecified atom stereocenters. The van der Waals surface area contributed by atoms with E-state index in [0.717, 1.165) is 73.8 Å². The van der Waals surface area contributed by atoms with Gasteiger partial charge in [0.05, 0.1) is 6.54 Å². The summed E-state index contributed by atoms with van der Waals surface area (Å²) >= 11 is 5.91. The lowest BCUT2D eigenvalue weighted by Gasteiger charge is -2.58. The van der Waals surface area contributed by atoms with Crippen molar-refractivity contribution in [3.63, 3.8) is 0 Å². The zero-order valence-corrected chi connectivity index (χ0v) is 26.6. The molecule has 2 aliphatic heterocycles. The van der Waals surface area contributed by atoms with Crippen LogP contribution in [0.15, 0.2) is 36.8 Å². The average molecular weight is 660 g/mol. The van der Waals surface area contributed by atoms with E-state index in [1.807, 2.05) is 17.2 Å². The highest BCUT2D eigenvalue weighted by Gasteiger charge is 2.54. The van der Waals surface area contributed by atoms with Crippen LogP contribution in [-0.4, -0.2) is 93.0 Å². The Morgan fingerprint density at radius 3 is 2.74 bits per heavy atom. The van der Waals surface area contributed by atoms with Crippen LogP contribution in [0.3, 0.4) is 0 Å². The topological polar surface area (TPSA) is 96.8 Å². The fourth-order valence-electron chi connectivity index (χ4n) is 6.63. The summed E-state index contributed by atoms with van der Waals surface area (Å²) in [7, 11) is 0. The molecule has 2 fully saturated rings. The van der Waals surface area contributed by atoms with E-state index in [2.05, 4.69) is 25.1 Å². The predicted molar refractivity (Wildman–Crippen MR) is 165 cm³/mol. The van der Waals surface area contributed by atoms with Crippen LogP contribution in [0.2, 0.25) is 0 Å². The maximum Gasteiger partial charge on any atom is 0.282 e. The predicted octanol–water partition coefficient (Wildman–Crippen LogP) is 5.35. The molecule has 0 atom stereocenters. The highest BCUT2D eigenvalue weighted by Crippen LogP contribution is 2.52. The van der Waals surface area contributed by atoms with E-state index in [4.69, 9.17) is 21.1 Å². The number of hydrogen-bond donors (Lipinski definition) is 0. The van der Waals surface area contributed by atoms with E-state index in [0.29, 0.717) is 24.8 Å². The van der Waals surface area contributed by atoms with Gasteiger partial charge in [-0.2, -0.15) is 0 Å². The van der Waals surface area contributed by atoms with Crippen molar-refractivity contribution in [1.29, 1.82) is 0 Å². The molecule has 3 aliphatic rings. The summed E-state index contributed by atoms with van der Waals surface area (Å²) in [5, 5.41) is 7.91. The summed E-state index contributed by atoms with van der Waals surface area (Å²) in [6.07, 6.45) is 4.16. The zero-order chi connectivity index (χ0) is 32.4. The number of anilines is 1. The lowest BCUT2D eigenvalue weighted by atomic mass is 9.61. The average Bonchev–Trinajstić information content (AvgIpc) is 2.99. The van der Waals surface area contributed by atoms with Gasteiger partial charge >= 0.3 is 0 Å². The van der Waals surface area contributed by atoms with Crippen LogP contribution in [0.5, 0.6) is 17.4 Å². The standard InChI is InChI=1S/C32H37ClF3N7O3/c1-20(2)43(16-28(35)36)31(44)21-10-22(34)12-23(11-21)46-30-29(38-19-39-40-30)42-17-32(18-42)13-24(14-32)45-27-4-7-37-26-5-9-41(8-3-6-33)15-25(26)27/h4,7,10-12,19-20,24,28H,3,5-6,8-9,13-18H2,1-2H3. The Kier molecular flexibility index (Phi) is 9.51. The normalized spacial score (nSPS) is 17.5. The van der Waals surface area contributed by atoms with E-state index in [1.165, 1.54) is 18.0 Å². The van der Waals surface area contributed by atoms with Crippen molar-refractivity contribution in [2.75, 3.05) is 43.5 Å². The fraction of sp³-hybridized carbons (Fsp3) is 0.531. The Bertz CT molecular complexity index is 1550. The van der Waals surface area contributed by atoms with E-state index in [1.54, 1.807) is 13.8 Å². The zero-order valence-electron chi connectivity index (χ0n) is 25.8. The molecule has 0 N–H and O–H groups in total. The molecule has 3 aromatic rings. The molecular weight excluding hydrogens is 623 g/mol. The first-order valence-corrected chi connectivity index (χ1v) is 16.1. The third-order valence-corrected chi connectivity index (χ3v) is 9.11. The summed E-state index contributed by atoms with van der Waals surface area (Å²) in [4.78, 5) is 27.4. The lowest BCUT2D eigenvalue weighted by Crippen LogP contribution is -2.65. The summed E-state index contributed by atoms with van der Waals surface area (Å²) in [5.41, 5.74) is 2.24. The van der Waals surface area contributed by atoms with E-state index in [-0.39, 0.29) is 28.7 Å². The molecule has 1 aliphatic carbocycles.